The molecule has 4 nitrogen and oxygen atoms in total. The van der Waals surface area contributed by atoms with Crippen LogP contribution in [0.15, 0.2) is 18.2 Å². The van der Waals surface area contributed by atoms with E-state index in [0.717, 1.165) is 63.7 Å². The molecule has 4 heteroatoms. The van der Waals surface area contributed by atoms with E-state index in [0.29, 0.717) is 5.92 Å². The monoisotopic (exact) mass is 293 g/mol. The van der Waals surface area contributed by atoms with Crippen LogP contribution in [0.1, 0.15) is 31.7 Å². The molecule has 0 saturated carbocycles. The van der Waals surface area contributed by atoms with E-state index in [9.17, 15) is 0 Å². The van der Waals surface area contributed by atoms with Gasteiger partial charge in [-0.2, -0.15) is 0 Å². The zero-order valence-electron chi connectivity index (χ0n) is 13.2. The quantitative estimate of drug-likeness (QED) is 0.800. The fraction of sp³-hybridized carbons (Fsp3) is 0.647. The second-order valence-electron chi connectivity index (χ2n) is 5.52. The van der Waals surface area contributed by atoms with Crippen molar-refractivity contribution in [2.45, 2.75) is 32.7 Å². The fourth-order valence-electron chi connectivity index (χ4n) is 2.44. The van der Waals surface area contributed by atoms with Crippen molar-refractivity contribution in [2.75, 3.05) is 33.5 Å². The van der Waals surface area contributed by atoms with Gasteiger partial charge in [-0.25, -0.2) is 0 Å². The molecule has 0 unspecified atom stereocenters. The molecule has 0 atom stereocenters. The number of ether oxygens (including phenoxy) is 3. The highest BCUT2D eigenvalue weighted by Gasteiger charge is 2.15. The van der Waals surface area contributed by atoms with Crippen molar-refractivity contribution in [3.8, 4) is 11.5 Å². The number of benzene rings is 1. The Labute approximate surface area is 127 Å². The van der Waals surface area contributed by atoms with Gasteiger partial charge in [0.25, 0.3) is 0 Å². The van der Waals surface area contributed by atoms with Gasteiger partial charge in [-0.1, -0.05) is 13.0 Å². The maximum Gasteiger partial charge on any atom is 0.127 e. The summed E-state index contributed by atoms with van der Waals surface area (Å²) in [5.74, 6) is 2.42. The lowest BCUT2D eigenvalue weighted by Gasteiger charge is -2.23. The molecule has 1 aliphatic rings. The minimum atomic E-state index is 0.599. The van der Waals surface area contributed by atoms with Crippen LogP contribution in [-0.2, 0) is 11.3 Å². The molecule has 21 heavy (non-hydrogen) atoms. The summed E-state index contributed by atoms with van der Waals surface area (Å²) in [7, 11) is 1.95. The maximum absolute atomic E-state index is 6.07. The third-order valence-corrected chi connectivity index (χ3v) is 3.69. The van der Waals surface area contributed by atoms with Gasteiger partial charge in [0.05, 0.1) is 13.2 Å². The van der Waals surface area contributed by atoms with Crippen molar-refractivity contribution in [1.29, 1.82) is 0 Å². The molecule has 0 radical (unpaired) electrons. The van der Waals surface area contributed by atoms with Gasteiger partial charge in [0, 0.05) is 31.4 Å². The van der Waals surface area contributed by atoms with Crippen molar-refractivity contribution in [3.63, 3.8) is 0 Å². The summed E-state index contributed by atoms with van der Waals surface area (Å²) >= 11 is 0. The molecule has 1 aliphatic heterocycles. The summed E-state index contributed by atoms with van der Waals surface area (Å²) in [4.78, 5) is 0. The average Bonchev–Trinajstić information content (AvgIpc) is 2.53. The molecule has 2 rings (SSSR count). The Balaban J connectivity index is 1.98. The molecule has 0 spiro atoms. The van der Waals surface area contributed by atoms with E-state index in [4.69, 9.17) is 14.2 Å². The summed E-state index contributed by atoms with van der Waals surface area (Å²) in [6.45, 7) is 6.13. The van der Waals surface area contributed by atoms with Gasteiger partial charge >= 0.3 is 0 Å². The first kappa shape index (κ1) is 16.1. The average molecular weight is 293 g/mol. The summed E-state index contributed by atoms with van der Waals surface area (Å²) in [5, 5.41) is 3.18. The molecular formula is C17H27NO3. The SMILES string of the molecule is CCCOc1ccc(CNC)c(OCC2CCOCC2)c1. The molecule has 1 heterocycles. The Bertz CT molecular complexity index is 416. The topological polar surface area (TPSA) is 39.7 Å². The molecule has 0 aliphatic carbocycles. The van der Waals surface area contributed by atoms with Gasteiger partial charge in [-0.3, -0.25) is 0 Å². The minimum absolute atomic E-state index is 0.599. The van der Waals surface area contributed by atoms with E-state index in [1.165, 1.54) is 5.56 Å². The lowest BCUT2D eigenvalue weighted by atomic mass is 10.0. The second kappa shape index (κ2) is 8.90. The van der Waals surface area contributed by atoms with Crippen LogP contribution in [0.3, 0.4) is 0 Å². The van der Waals surface area contributed by atoms with E-state index in [2.05, 4.69) is 18.3 Å². The summed E-state index contributed by atoms with van der Waals surface area (Å²) < 4.78 is 17.2. The van der Waals surface area contributed by atoms with E-state index >= 15 is 0 Å². The lowest BCUT2D eigenvalue weighted by molar-refractivity contribution is 0.0495. The highest BCUT2D eigenvalue weighted by Crippen LogP contribution is 2.26. The van der Waals surface area contributed by atoms with Crippen LogP contribution in [0.5, 0.6) is 11.5 Å². The summed E-state index contributed by atoms with van der Waals surface area (Å²) in [6, 6.07) is 6.12. The molecule has 0 bridgehead atoms. The molecule has 1 aromatic carbocycles. The summed E-state index contributed by atoms with van der Waals surface area (Å²) in [5.41, 5.74) is 1.17. The van der Waals surface area contributed by atoms with Crippen LogP contribution < -0.4 is 14.8 Å². The predicted molar refractivity (Wildman–Crippen MR) is 84.0 cm³/mol. The van der Waals surface area contributed by atoms with Crippen molar-refractivity contribution in [3.05, 3.63) is 23.8 Å². The molecule has 1 fully saturated rings. The van der Waals surface area contributed by atoms with Crippen LogP contribution in [0.4, 0.5) is 0 Å². The Morgan fingerprint density at radius 1 is 1.24 bits per heavy atom. The predicted octanol–water partition coefficient (Wildman–Crippen LogP) is 3.00. The van der Waals surface area contributed by atoms with Crippen molar-refractivity contribution >= 4 is 0 Å². The van der Waals surface area contributed by atoms with Gasteiger partial charge in [-0.15, -0.1) is 0 Å². The Morgan fingerprint density at radius 2 is 2.05 bits per heavy atom. The van der Waals surface area contributed by atoms with Crippen molar-refractivity contribution in [2.24, 2.45) is 5.92 Å². The van der Waals surface area contributed by atoms with Gasteiger partial charge < -0.3 is 19.5 Å². The number of nitrogens with one attached hydrogen (secondary N) is 1. The first-order valence-electron chi connectivity index (χ1n) is 7.94. The van der Waals surface area contributed by atoms with Crippen LogP contribution in [0.2, 0.25) is 0 Å². The van der Waals surface area contributed by atoms with Gasteiger partial charge in [-0.05, 0) is 38.3 Å². The fourth-order valence-corrected chi connectivity index (χ4v) is 2.44. The van der Waals surface area contributed by atoms with Crippen LogP contribution >= 0.6 is 0 Å². The Kier molecular flexibility index (Phi) is 6.83. The molecule has 1 N–H and O–H groups in total. The molecule has 0 amide bonds. The first-order valence-corrected chi connectivity index (χ1v) is 7.94. The third-order valence-electron chi connectivity index (χ3n) is 3.69. The number of rotatable bonds is 8. The molecule has 0 aromatic heterocycles. The highest BCUT2D eigenvalue weighted by molar-refractivity contribution is 5.40. The van der Waals surface area contributed by atoms with Gasteiger partial charge in [0.1, 0.15) is 11.5 Å². The van der Waals surface area contributed by atoms with Crippen LogP contribution in [-0.4, -0.2) is 33.5 Å². The smallest absolute Gasteiger partial charge is 0.127 e. The molecule has 1 saturated heterocycles. The largest absolute Gasteiger partial charge is 0.493 e. The highest BCUT2D eigenvalue weighted by atomic mass is 16.5. The molecule has 1 aromatic rings. The van der Waals surface area contributed by atoms with Crippen molar-refractivity contribution < 1.29 is 14.2 Å². The van der Waals surface area contributed by atoms with E-state index in [1.54, 1.807) is 0 Å². The first-order chi connectivity index (χ1) is 10.3. The number of hydrogen-bond acceptors (Lipinski definition) is 4. The second-order valence-corrected chi connectivity index (χ2v) is 5.52. The third kappa shape index (κ3) is 5.21. The zero-order chi connectivity index (χ0) is 14.9. The standard InChI is InChI=1S/C17H27NO3/c1-3-8-20-16-5-4-15(12-18-2)17(11-16)21-13-14-6-9-19-10-7-14/h4-5,11,14,18H,3,6-10,12-13H2,1-2H3. The maximum atomic E-state index is 6.07. The molecular weight excluding hydrogens is 266 g/mol. The Morgan fingerprint density at radius 3 is 2.76 bits per heavy atom. The van der Waals surface area contributed by atoms with Crippen molar-refractivity contribution in [1.82, 2.24) is 5.32 Å². The van der Waals surface area contributed by atoms with Gasteiger partial charge in [0.2, 0.25) is 0 Å². The number of hydrogen-bond donors (Lipinski definition) is 1. The van der Waals surface area contributed by atoms with E-state index in [-0.39, 0.29) is 0 Å². The minimum Gasteiger partial charge on any atom is -0.493 e. The summed E-state index contributed by atoms with van der Waals surface area (Å²) in [6.07, 6.45) is 3.19. The Hall–Kier alpha value is -1.26. The van der Waals surface area contributed by atoms with E-state index in [1.807, 2.05) is 19.2 Å². The van der Waals surface area contributed by atoms with Gasteiger partial charge in [0.15, 0.2) is 0 Å². The van der Waals surface area contributed by atoms with Crippen LogP contribution in [0, 0.1) is 5.92 Å². The zero-order valence-corrected chi connectivity index (χ0v) is 13.2. The normalized spacial score (nSPS) is 15.9. The lowest BCUT2D eigenvalue weighted by Crippen LogP contribution is -2.22. The van der Waals surface area contributed by atoms with Crippen LogP contribution in [0.25, 0.3) is 0 Å². The molecule has 118 valence electrons. The van der Waals surface area contributed by atoms with E-state index < -0.39 is 0 Å².